The summed E-state index contributed by atoms with van der Waals surface area (Å²) in [5.41, 5.74) is 6.39. The fourth-order valence-electron chi connectivity index (χ4n) is 1.62. The van der Waals surface area contributed by atoms with Crippen LogP contribution in [0.5, 0.6) is 11.5 Å². The van der Waals surface area contributed by atoms with E-state index in [9.17, 15) is 4.39 Å². The van der Waals surface area contributed by atoms with Crippen molar-refractivity contribution < 1.29 is 13.9 Å². The van der Waals surface area contributed by atoms with E-state index in [0.717, 1.165) is 5.56 Å². The third kappa shape index (κ3) is 2.85. The molecule has 0 atom stereocenters. The summed E-state index contributed by atoms with van der Waals surface area (Å²) >= 11 is 0. The quantitative estimate of drug-likeness (QED) is 0.857. The topological polar surface area (TPSA) is 44.5 Å². The van der Waals surface area contributed by atoms with Crippen molar-refractivity contribution in [3.05, 3.63) is 23.5 Å². The summed E-state index contributed by atoms with van der Waals surface area (Å²) in [6.45, 7) is 3.81. The standard InChI is InChI=1S/C12H18FNO2/c1-12(2,14)7-8-5-6-9(13)11(16-4)10(8)15-3/h5-6H,7,14H2,1-4H3. The van der Waals surface area contributed by atoms with Gasteiger partial charge in [0.2, 0.25) is 0 Å². The van der Waals surface area contributed by atoms with Gasteiger partial charge in [-0.25, -0.2) is 4.39 Å². The summed E-state index contributed by atoms with van der Waals surface area (Å²) in [6.07, 6.45) is 0.590. The molecule has 0 aliphatic carbocycles. The Kier molecular flexibility index (Phi) is 3.75. The van der Waals surface area contributed by atoms with Crippen LogP contribution in [-0.2, 0) is 6.42 Å². The van der Waals surface area contributed by atoms with Gasteiger partial charge in [-0.1, -0.05) is 6.07 Å². The molecule has 1 aromatic rings. The van der Waals surface area contributed by atoms with E-state index < -0.39 is 5.82 Å². The Bertz CT molecular complexity index is 372. The Morgan fingerprint density at radius 1 is 1.19 bits per heavy atom. The maximum absolute atomic E-state index is 13.4. The average molecular weight is 227 g/mol. The molecule has 0 fully saturated rings. The molecule has 0 unspecified atom stereocenters. The van der Waals surface area contributed by atoms with E-state index in [0.29, 0.717) is 12.2 Å². The van der Waals surface area contributed by atoms with E-state index in [1.54, 1.807) is 6.07 Å². The van der Waals surface area contributed by atoms with E-state index in [1.807, 2.05) is 13.8 Å². The molecule has 0 aromatic heterocycles. The molecule has 0 heterocycles. The van der Waals surface area contributed by atoms with Crippen molar-refractivity contribution in [1.29, 1.82) is 0 Å². The minimum atomic E-state index is -0.432. The van der Waals surface area contributed by atoms with Gasteiger partial charge in [0.15, 0.2) is 17.3 Å². The Morgan fingerprint density at radius 3 is 2.19 bits per heavy atom. The van der Waals surface area contributed by atoms with Gasteiger partial charge in [-0.3, -0.25) is 0 Å². The predicted molar refractivity (Wildman–Crippen MR) is 61.5 cm³/mol. The van der Waals surface area contributed by atoms with Crippen molar-refractivity contribution in [3.8, 4) is 11.5 Å². The summed E-state index contributed by atoms with van der Waals surface area (Å²) < 4.78 is 23.6. The zero-order valence-corrected chi connectivity index (χ0v) is 10.1. The molecule has 3 nitrogen and oxygen atoms in total. The van der Waals surface area contributed by atoms with Gasteiger partial charge in [0.05, 0.1) is 14.2 Å². The highest BCUT2D eigenvalue weighted by atomic mass is 19.1. The lowest BCUT2D eigenvalue weighted by Gasteiger charge is -2.21. The van der Waals surface area contributed by atoms with Crippen LogP contribution in [0.4, 0.5) is 4.39 Å². The molecule has 1 aromatic carbocycles. The summed E-state index contributed by atoms with van der Waals surface area (Å²) in [5, 5.41) is 0. The number of hydrogen-bond donors (Lipinski definition) is 1. The van der Waals surface area contributed by atoms with Gasteiger partial charge >= 0.3 is 0 Å². The molecule has 0 saturated carbocycles. The molecule has 2 N–H and O–H groups in total. The predicted octanol–water partition coefficient (Wildman–Crippen LogP) is 2.12. The first kappa shape index (κ1) is 12.8. The highest BCUT2D eigenvalue weighted by Crippen LogP contribution is 2.35. The molecule has 0 aliphatic rings. The maximum Gasteiger partial charge on any atom is 0.197 e. The molecular weight excluding hydrogens is 209 g/mol. The first-order valence-corrected chi connectivity index (χ1v) is 5.07. The minimum Gasteiger partial charge on any atom is -0.492 e. The molecule has 1 rings (SSSR count). The first-order chi connectivity index (χ1) is 7.39. The van der Waals surface area contributed by atoms with Gasteiger partial charge in [-0.05, 0) is 31.9 Å². The molecule has 16 heavy (non-hydrogen) atoms. The SMILES string of the molecule is COc1c(F)ccc(CC(C)(C)N)c1OC. The third-order valence-corrected chi connectivity index (χ3v) is 2.20. The normalized spacial score (nSPS) is 11.4. The van der Waals surface area contributed by atoms with Crippen molar-refractivity contribution in [1.82, 2.24) is 0 Å². The summed E-state index contributed by atoms with van der Waals surface area (Å²) in [7, 11) is 2.91. The van der Waals surface area contributed by atoms with Crippen molar-refractivity contribution in [2.24, 2.45) is 5.73 Å². The van der Waals surface area contributed by atoms with E-state index in [-0.39, 0.29) is 11.3 Å². The van der Waals surface area contributed by atoms with E-state index in [2.05, 4.69) is 0 Å². The summed E-state index contributed by atoms with van der Waals surface area (Å²) in [4.78, 5) is 0. The van der Waals surface area contributed by atoms with Crippen LogP contribution >= 0.6 is 0 Å². The molecule has 0 saturated heterocycles. The molecule has 4 heteroatoms. The van der Waals surface area contributed by atoms with E-state index in [4.69, 9.17) is 15.2 Å². The van der Waals surface area contributed by atoms with Crippen LogP contribution in [0.1, 0.15) is 19.4 Å². The largest absolute Gasteiger partial charge is 0.492 e. The number of halogens is 1. The lowest BCUT2D eigenvalue weighted by Crippen LogP contribution is -2.34. The number of nitrogens with two attached hydrogens (primary N) is 1. The second-order valence-corrected chi connectivity index (χ2v) is 4.44. The van der Waals surface area contributed by atoms with Gasteiger partial charge in [0, 0.05) is 5.54 Å². The van der Waals surface area contributed by atoms with Crippen LogP contribution < -0.4 is 15.2 Å². The maximum atomic E-state index is 13.4. The van der Waals surface area contributed by atoms with Crippen molar-refractivity contribution >= 4 is 0 Å². The minimum absolute atomic E-state index is 0.129. The molecule has 0 amide bonds. The molecule has 0 aliphatic heterocycles. The highest BCUT2D eigenvalue weighted by Gasteiger charge is 2.20. The molecule has 0 radical (unpaired) electrons. The van der Waals surface area contributed by atoms with Crippen molar-refractivity contribution in [3.63, 3.8) is 0 Å². The number of ether oxygens (including phenoxy) is 2. The Morgan fingerprint density at radius 2 is 1.75 bits per heavy atom. The monoisotopic (exact) mass is 227 g/mol. The average Bonchev–Trinajstić information content (AvgIpc) is 2.18. The number of benzene rings is 1. The van der Waals surface area contributed by atoms with Crippen LogP contribution in [0.3, 0.4) is 0 Å². The molecular formula is C12H18FNO2. The molecule has 0 spiro atoms. The van der Waals surface area contributed by atoms with Gasteiger partial charge < -0.3 is 15.2 Å². The fraction of sp³-hybridized carbons (Fsp3) is 0.500. The first-order valence-electron chi connectivity index (χ1n) is 5.07. The van der Waals surface area contributed by atoms with Crippen LogP contribution in [-0.4, -0.2) is 19.8 Å². The smallest absolute Gasteiger partial charge is 0.197 e. The van der Waals surface area contributed by atoms with Gasteiger partial charge in [0.1, 0.15) is 0 Å². The molecule has 90 valence electrons. The lowest BCUT2D eigenvalue weighted by atomic mass is 9.95. The van der Waals surface area contributed by atoms with E-state index in [1.165, 1.54) is 20.3 Å². The van der Waals surface area contributed by atoms with Crippen LogP contribution in [0.25, 0.3) is 0 Å². The van der Waals surface area contributed by atoms with Gasteiger partial charge in [-0.2, -0.15) is 0 Å². The Balaban J connectivity index is 3.19. The highest BCUT2D eigenvalue weighted by molar-refractivity contribution is 5.48. The molecule has 0 bridgehead atoms. The zero-order valence-electron chi connectivity index (χ0n) is 10.1. The van der Waals surface area contributed by atoms with Crippen LogP contribution in [0, 0.1) is 5.82 Å². The van der Waals surface area contributed by atoms with Gasteiger partial charge in [0.25, 0.3) is 0 Å². The summed E-state index contributed by atoms with van der Waals surface area (Å²) in [6, 6.07) is 3.04. The Labute approximate surface area is 95.4 Å². The number of methoxy groups -OCH3 is 2. The third-order valence-electron chi connectivity index (χ3n) is 2.20. The van der Waals surface area contributed by atoms with Crippen molar-refractivity contribution in [2.75, 3.05) is 14.2 Å². The van der Waals surface area contributed by atoms with Crippen LogP contribution in [0.15, 0.2) is 12.1 Å². The Hall–Kier alpha value is -1.29. The zero-order chi connectivity index (χ0) is 12.3. The second kappa shape index (κ2) is 4.70. The fourth-order valence-corrected chi connectivity index (χ4v) is 1.62. The van der Waals surface area contributed by atoms with E-state index >= 15 is 0 Å². The van der Waals surface area contributed by atoms with Gasteiger partial charge in [-0.15, -0.1) is 0 Å². The van der Waals surface area contributed by atoms with Crippen molar-refractivity contribution in [2.45, 2.75) is 25.8 Å². The van der Waals surface area contributed by atoms with Crippen LogP contribution in [0.2, 0.25) is 0 Å². The number of rotatable bonds is 4. The number of hydrogen-bond acceptors (Lipinski definition) is 3. The summed E-state index contributed by atoms with van der Waals surface area (Å²) in [5.74, 6) is 0.114. The lowest BCUT2D eigenvalue weighted by molar-refractivity contribution is 0.332. The second-order valence-electron chi connectivity index (χ2n) is 4.44.